The zero-order valence-corrected chi connectivity index (χ0v) is 13.5. The second-order valence-electron chi connectivity index (χ2n) is 5.23. The molecule has 0 N–H and O–H groups in total. The minimum atomic E-state index is -3.44. The van der Waals surface area contributed by atoms with Crippen LogP contribution in [0.2, 0.25) is 0 Å². The maximum absolute atomic E-state index is 12.6. The van der Waals surface area contributed by atoms with Crippen LogP contribution in [-0.2, 0) is 10.0 Å². The number of anilines is 1. The lowest BCUT2D eigenvalue weighted by Gasteiger charge is -2.21. The molecule has 5 nitrogen and oxygen atoms in total. The van der Waals surface area contributed by atoms with Gasteiger partial charge in [0.1, 0.15) is 11.4 Å². The molecule has 1 aromatic heterocycles. The van der Waals surface area contributed by atoms with Crippen molar-refractivity contribution in [1.82, 2.24) is 5.16 Å². The normalized spacial score (nSPS) is 13.1. The summed E-state index contributed by atoms with van der Waals surface area (Å²) in [6.07, 6.45) is 0. The second-order valence-corrected chi connectivity index (χ2v) is 7.28. The van der Waals surface area contributed by atoms with E-state index in [1.165, 1.54) is 4.31 Å². The van der Waals surface area contributed by atoms with Gasteiger partial charge in [-0.2, -0.15) is 0 Å². The Bertz CT molecular complexity index is 688. The van der Waals surface area contributed by atoms with E-state index in [-0.39, 0.29) is 11.7 Å². The quantitative estimate of drug-likeness (QED) is 0.852. The molecule has 0 saturated heterocycles. The zero-order valence-electron chi connectivity index (χ0n) is 12.7. The van der Waals surface area contributed by atoms with Gasteiger partial charge in [-0.1, -0.05) is 42.4 Å². The van der Waals surface area contributed by atoms with Gasteiger partial charge in [0.15, 0.2) is 5.76 Å². The van der Waals surface area contributed by atoms with Crippen molar-refractivity contribution in [2.75, 3.05) is 17.1 Å². The highest BCUT2D eigenvalue weighted by atomic mass is 32.2. The van der Waals surface area contributed by atoms with Crippen LogP contribution < -0.4 is 4.31 Å². The fourth-order valence-corrected chi connectivity index (χ4v) is 3.96. The van der Waals surface area contributed by atoms with E-state index in [1.54, 1.807) is 20.9 Å². The maximum atomic E-state index is 12.6. The number of benzene rings is 1. The Kier molecular flexibility index (Phi) is 4.37. The summed E-state index contributed by atoms with van der Waals surface area (Å²) in [6, 6.07) is 9.62. The molecule has 1 unspecified atom stereocenters. The molecule has 2 rings (SSSR count). The summed E-state index contributed by atoms with van der Waals surface area (Å²) in [6.45, 7) is 5.36. The molecule has 1 heterocycles. The largest absolute Gasteiger partial charge is 0.359 e. The predicted molar refractivity (Wildman–Crippen MR) is 83.0 cm³/mol. The van der Waals surface area contributed by atoms with Gasteiger partial charge in [0.2, 0.25) is 10.0 Å². The Morgan fingerprint density at radius 1 is 1.24 bits per heavy atom. The first kappa shape index (κ1) is 15.6. The summed E-state index contributed by atoms with van der Waals surface area (Å²) in [5, 5.41) is 3.81. The highest BCUT2D eigenvalue weighted by Crippen LogP contribution is 2.27. The highest BCUT2D eigenvalue weighted by Gasteiger charge is 2.26. The van der Waals surface area contributed by atoms with Crippen molar-refractivity contribution in [3.63, 3.8) is 0 Å². The maximum Gasteiger partial charge on any atom is 0.235 e. The van der Waals surface area contributed by atoms with Gasteiger partial charge >= 0.3 is 0 Å². The second kappa shape index (κ2) is 5.89. The van der Waals surface area contributed by atoms with E-state index < -0.39 is 10.0 Å². The van der Waals surface area contributed by atoms with E-state index in [0.717, 1.165) is 5.56 Å². The minimum absolute atomic E-state index is 0.0393. The average Bonchev–Trinajstić information content (AvgIpc) is 2.77. The molecule has 0 saturated carbocycles. The van der Waals surface area contributed by atoms with Crippen molar-refractivity contribution < 1.29 is 12.9 Å². The molecular formula is C15H20N2O3S. The van der Waals surface area contributed by atoms with E-state index in [4.69, 9.17) is 4.52 Å². The Labute approximate surface area is 125 Å². The predicted octanol–water partition coefficient (Wildman–Crippen LogP) is 2.86. The Balaban J connectivity index is 2.23. The first-order valence-corrected chi connectivity index (χ1v) is 8.38. The van der Waals surface area contributed by atoms with E-state index in [1.807, 2.05) is 37.3 Å². The number of nitrogens with zero attached hydrogens (tertiary/aromatic N) is 2. The molecule has 0 aliphatic carbocycles. The molecular weight excluding hydrogens is 288 g/mol. The molecule has 2 aromatic rings. The molecule has 1 aromatic carbocycles. The van der Waals surface area contributed by atoms with Gasteiger partial charge in [0.05, 0.1) is 5.75 Å². The van der Waals surface area contributed by atoms with Crippen LogP contribution in [0.5, 0.6) is 0 Å². The monoisotopic (exact) mass is 308 g/mol. The molecule has 21 heavy (non-hydrogen) atoms. The lowest BCUT2D eigenvalue weighted by Crippen LogP contribution is -2.31. The van der Waals surface area contributed by atoms with E-state index in [2.05, 4.69) is 5.16 Å². The fraction of sp³-hybridized carbons (Fsp3) is 0.400. The van der Waals surface area contributed by atoms with Crippen molar-refractivity contribution in [2.45, 2.75) is 26.7 Å². The summed E-state index contributed by atoms with van der Waals surface area (Å²) >= 11 is 0. The van der Waals surface area contributed by atoms with Crippen molar-refractivity contribution in [2.24, 2.45) is 0 Å². The van der Waals surface area contributed by atoms with Crippen molar-refractivity contribution in [3.8, 4) is 0 Å². The fourth-order valence-electron chi connectivity index (χ4n) is 2.37. The van der Waals surface area contributed by atoms with E-state index in [9.17, 15) is 8.42 Å². The number of rotatable bonds is 5. The van der Waals surface area contributed by atoms with Gasteiger partial charge in [0.25, 0.3) is 0 Å². The number of hydrogen-bond donors (Lipinski definition) is 0. The Morgan fingerprint density at radius 3 is 2.38 bits per heavy atom. The van der Waals surface area contributed by atoms with Crippen LogP contribution in [0.25, 0.3) is 0 Å². The first-order chi connectivity index (χ1) is 9.83. The third kappa shape index (κ3) is 3.26. The Hall–Kier alpha value is -1.82. The van der Waals surface area contributed by atoms with Gasteiger partial charge < -0.3 is 4.52 Å². The third-order valence-electron chi connectivity index (χ3n) is 3.56. The summed E-state index contributed by atoms with van der Waals surface area (Å²) < 4.78 is 31.5. The Morgan fingerprint density at radius 2 is 1.86 bits per heavy atom. The summed E-state index contributed by atoms with van der Waals surface area (Å²) in [4.78, 5) is 0. The van der Waals surface area contributed by atoms with E-state index >= 15 is 0 Å². The third-order valence-corrected chi connectivity index (χ3v) is 5.50. The van der Waals surface area contributed by atoms with Gasteiger partial charge in [-0.3, -0.25) is 4.31 Å². The van der Waals surface area contributed by atoms with Gasteiger partial charge in [-0.15, -0.1) is 0 Å². The number of aromatic nitrogens is 1. The molecule has 0 amide bonds. The molecule has 0 fully saturated rings. The van der Waals surface area contributed by atoms with Gasteiger partial charge in [-0.25, -0.2) is 8.42 Å². The van der Waals surface area contributed by atoms with E-state index in [0.29, 0.717) is 17.1 Å². The summed E-state index contributed by atoms with van der Waals surface area (Å²) in [7, 11) is -1.90. The van der Waals surface area contributed by atoms with Crippen LogP contribution in [0, 0.1) is 13.8 Å². The van der Waals surface area contributed by atoms with Crippen molar-refractivity contribution in [3.05, 3.63) is 47.3 Å². The van der Waals surface area contributed by atoms with Gasteiger partial charge in [0, 0.05) is 7.05 Å². The number of aryl methyl sites for hydroxylation is 2. The standard InChI is InChI=1S/C15H20N2O3S/c1-11(14-8-6-5-7-9-14)10-21(18,19)17(4)15-12(2)16-20-13(15)3/h5-9,11H,10H2,1-4H3. The molecule has 0 aliphatic heterocycles. The first-order valence-electron chi connectivity index (χ1n) is 6.77. The SMILES string of the molecule is Cc1noc(C)c1N(C)S(=O)(=O)CC(C)c1ccccc1. The smallest absolute Gasteiger partial charge is 0.235 e. The summed E-state index contributed by atoms with van der Waals surface area (Å²) in [5.41, 5.74) is 2.11. The molecule has 0 bridgehead atoms. The summed E-state index contributed by atoms with van der Waals surface area (Å²) in [5.74, 6) is 0.461. The average molecular weight is 308 g/mol. The van der Waals surface area contributed by atoms with Crippen molar-refractivity contribution >= 4 is 15.7 Å². The van der Waals surface area contributed by atoms with Crippen LogP contribution >= 0.6 is 0 Å². The molecule has 0 radical (unpaired) electrons. The highest BCUT2D eigenvalue weighted by molar-refractivity contribution is 7.92. The van der Waals surface area contributed by atoms with Crippen LogP contribution in [0.4, 0.5) is 5.69 Å². The molecule has 6 heteroatoms. The zero-order chi connectivity index (χ0) is 15.6. The van der Waals surface area contributed by atoms with Crippen LogP contribution in [-0.4, -0.2) is 26.4 Å². The molecule has 0 spiro atoms. The van der Waals surface area contributed by atoms with Crippen LogP contribution in [0.15, 0.2) is 34.9 Å². The lowest BCUT2D eigenvalue weighted by atomic mass is 10.0. The molecule has 0 aliphatic rings. The number of sulfonamides is 1. The van der Waals surface area contributed by atoms with Crippen LogP contribution in [0.1, 0.15) is 29.9 Å². The minimum Gasteiger partial charge on any atom is -0.359 e. The molecule has 114 valence electrons. The topological polar surface area (TPSA) is 63.4 Å². The molecule has 1 atom stereocenters. The lowest BCUT2D eigenvalue weighted by molar-refractivity contribution is 0.393. The van der Waals surface area contributed by atoms with Gasteiger partial charge in [-0.05, 0) is 25.3 Å². The van der Waals surface area contributed by atoms with Crippen molar-refractivity contribution in [1.29, 1.82) is 0 Å². The van der Waals surface area contributed by atoms with Crippen LogP contribution in [0.3, 0.4) is 0 Å². The number of hydrogen-bond acceptors (Lipinski definition) is 4.